The lowest BCUT2D eigenvalue weighted by atomic mass is 10.3. The maximum absolute atomic E-state index is 12.7. The van der Waals surface area contributed by atoms with Crippen LogP contribution in [0.1, 0.15) is 4.88 Å². The smallest absolute Gasteiger partial charge is 0.233 e. The van der Waals surface area contributed by atoms with Crippen molar-refractivity contribution in [2.24, 2.45) is 0 Å². The van der Waals surface area contributed by atoms with Crippen molar-refractivity contribution in [3.8, 4) is 11.6 Å². The number of nitrogens with zero attached hydrogens (tertiary/aromatic N) is 5. The van der Waals surface area contributed by atoms with Crippen LogP contribution in [0.15, 0.2) is 58.1 Å². The van der Waals surface area contributed by atoms with Crippen molar-refractivity contribution in [2.75, 3.05) is 31.9 Å². The Morgan fingerprint density at radius 3 is 2.79 bits per heavy atom. The van der Waals surface area contributed by atoms with E-state index in [1.165, 1.54) is 16.6 Å². The van der Waals surface area contributed by atoms with Crippen molar-refractivity contribution in [1.82, 2.24) is 24.6 Å². The van der Waals surface area contributed by atoms with Crippen molar-refractivity contribution >= 4 is 29.0 Å². The Labute approximate surface area is 178 Å². The Balaban J connectivity index is 1.31. The fourth-order valence-corrected chi connectivity index (χ4v) is 4.87. The Morgan fingerprint density at radius 2 is 2.10 bits per heavy atom. The van der Waals surface area contributed by atoms with Crippen molar-refractivity contribution < 1.29 is 9.21 Å². The summed E-state index contributed by atoms with van der Waals surface area (Å²) in [7, 11) is 0. The van der Waals surface area contributed by atoms with Gasteiger partial charge in [0.1, 0.15) is 0 Å². The monoisotopic (exact) mass is 429 g/mol. The van der Waals surface area contributed by atoms with E-state index < -0.39 is 0 Å². The zero-order valence-electron chi connectivity index (χ0n) is 16.1. The molecule has 4 rings (SSSR count). The zero-order valence-corrected chi connectivity index (χ0v) is 17.7. The number of thiophene rings is 1. The van der Waals surface area contributed by atoms with Crippen LogP contribution in [0.25, 0.3) is 11.6 Å². The molecule has 0 N–H and O–H groups in total. The van der Waals surface area contributed by atoms with E-state index in [9.17, 15) is 4.79 Å². The van der Waals surface area contributed by atoms with Crippen LogP contribution in [0.5, 0.6) is 0 Å². The standard InChI is InChI=1S/C20H23N5O2S2/c1-2-7-25-19(17-6-3-12-27-17)21-22-20(25)29-15-18(26)24-10-8-23(9-11-24)14-16-5-4-13-28-16/h2-6,12-13H,1,7-11,14-15H2. The Kier molecular flexibility index (Phi) is 6.48. The average molecular weight is 430 g/mol. The third kappa shape index (κ3) is 4.80. The van der Waals surface area contributed by atoms with Gasteiger partial charge in [-0.3, -0.25) is 14.3 Å². The Bertz CT molecular complexity index is 928. The van der Waals surface area contributed by atoms with Gasteiger partial charge in [0.2, 0.25) is 11.7 Å². The topological polar surface area (TPSA) is 67.4 Å². The van der Waals surface area contributed by atoms with Gasteiger partial charge in [0.15, 0.2) is 10.9 Å². The van der Waals surface area contributed by atoms with E-state index in [0.717, 1.165) is 32.7 Å². The molecule has 0 spiro atoms. The molecule has 0 aromatic carbocycles. The van der Waals surface area contributed by atoms with Gasteiger partial charge < -0.3 is 9.32 Å². The summed E-state index contributed by atoms with van der Waals surface area (Å²) < 4.78 is 7.36. The third-order valence-electron chi connectivity index (χ3n) is 4.78. The molecule has 1 amide bonds. The van der Waals surface area contributed by atoms with E-state index in [1.807, 2.05) is 21.6 Å². The molecule has 0 radical (unpaired) electrons. The molecule has 7 nitrogen and oxygen atoms in total. The normalized spacial score (nSPS) is 15.0. The highest BCUT2D eigenvalue weighted by Gasteiger charge is 2.23. The molecule has 0 aliphatic carbocycles. The van der Waals surface area contributed by atoms with Gasteiger partial charge in [-0.05, 0) is 23.6 Å². The summed E-state index contributed by atoms with van der Waals surface area (Å²) in [6.07, 6.45) is 3.39. The van der Waals surface area contributed by atoms with Gasteiger partial charge in [0, 0.05) is 44.1 Å². The predicted molar refractivity (Wildman–Crippen MR) is 115 cm³/mol. The van der Waals surface area contributed by atoms with E-state index in [-0.39, 0.29) is 5.91 Å². The zero-order chi connectivity index (χ0) is 20.1. The van der Waals surface area contributed by atoms with E-state index in [1.54, 1.807) is 23.7 Å². The highest BCUT2D eigenvalue weighted by molar-refractivity contribution is 7.99. The summed E-state index contributed by atoms with van der Waals surface area (Å²) >= 11 is 3.19. The van der Waals surface area contributed by atoms with Crippen molar-refractivity contribution in [3.63, 3.8) is 0 Å². The number of aromatic nitrogens is 3. The summed E-state index contributed by atoms with van der Waals surface area (Å²) in [6.45, 7) is 8.67. The van der Waals surface area contributed by atoms with Gasteiger partial charge in [-0.15, -0.1) is 28.1 Å². The van der Waals surface area contributed by atoms with Gasteiger partial charge in [-0.25, -0.2) is 0 Å². The van der Waals surface area contributed by atoms with Gasteiger partial charge in [-0.2, -0.15) is 0 Å². The second kappa shape index (κ2) is 9.43. The second-order valence-corrected chi connectivity index (χ2v) is 8.68. The lowest BCUT2D eigenvalue weighted by Gasteiger charge is -2.34. The second-order valence-electron chi connectivity index (χ2n) is 6.71. The van der Waals surface area contributed by atoms with Crippen LogP contribution in [-0.2, 0) is 17.9 Å². The van der Waals surface area contributed by atoms with Crippen LogP contribution in [0.2, 0.25) is 0 Å². The number of carbonyl (C=O) groups excluding carboxylic acids is 1. The molecule has 1 fully saturated rings. The summed E-state index contributed by atoms with van der Waals surface area (Å²) in [5.74, 6) is 1.78. The average Bonchev–Trinajstić information content (AvgIpc) is 3.49. The maximum Gasteiger partial charge on any atom is 0.233 e. The van der Waals surface area contributed by atoms with Crippen LogP contribution in [-0.4, -0.2) is 62.4 Å². The molecule has 0 unspecified atom stereocenters. The Hall–Kier alpha value is -2.36. The first kappa shape index (κ1) is 19.9. The number of thioether (sulfide) groups is 1. The minimum atomic E-state index is 0.137. The number of furan rings is 1. The van der Waals surface area contributed by atoms with Crippen molar-refractivity contribution in [2.45, 2.75) is 18.2 Å². The number of carbonyl (C=O) groups is 1. The summed E-state index contributed by atoms with van der Waals surface area (Å²) in [5.41, 5.74) is 0. The number of hydrogen-bond donors (Lipinski definition) is 0. The number of hydrogen-bond acceptors (Lipinski definition) is 7. The Morgan fingerprint density at radius 1 is 1.24 bits per heavy atom. The molecule has 9 heteroatoms. The van der Waals surface area contributed by atoms with Crippen molar-refractivity contribution in [1.29, 1.82) is 0 Å². The number of allylic oxidation sites excluding steroid dienone is 1. The van der Waals surface area contributed by atoms with Gasteiger partial charge in [0.05, 0.1) is 12.0 Å². The molecule has 3 aromatic rings. The lowest BCUT2D eigenvalue weighted by molar-refractivity contribution is -0.130. The first-order chi connectivity index (χ1) is 14.2. The van der Waals surface area contributed by atoms with E-state index in [4.69, 9.17) is 4.42 Å². The summed E-state index contributed by atoms with van der Waals surface area (Å²) in [4.78, 5) is 18.4. The largest absolute Gasteiger partial charge is 0.461 e. The van der Waals surface area contributed by atoms with Crippen LogP contribution >= 0.6 is 23.1 Å². The number of piperazine rings is 1. The van der Waals surface area contributed by atoms with Gasteiger partial charge in [-0.1, -0.05) is 23.9 Å². The minimum absolute atomic E-state index is 0.137. The first-order valence-electron chi connectivity index (χ1n) is 9.48. The molecule has 152 valence electrons. The highest BCUT2D eigenvalue weighted by Crippen LogP contribution is 2.25. The predicted octanol–water partition coefficient (Wildman–Crippen LogP) is 3.22. The van der Waals surface area contributed by atoms with Crippen LogP contribution in [0.3, 0.4) is 0 Å². The van der Waals surface area contributed by atoms with Crippen LogP contribution < -0.4 is 0 Å². The highest BCUT2D eigenvalue weighted by atomic mass is 32.2. The quantitative estimate of drug-likeness (QED) is 0.405. The van der Waals surface area contributed by atoms with E-state index in [2.05, 4.69) is 39.2 Å². The molecule has 1 aliphatic rings. The number of amides is 1. The molecule has 0 bridgehead atoms. The molecule has 29 heavy (non-hydrogen) atoms. The van der Waals surface area contributed by atoms with Gasteiger partial charge in [0.25, 0.3) is 0 Å². The van der Waals surface area contributed by atoms with E-state index in [0.29, 0.717) is 29.0 Å². The minimum Gasteiger partial charge on any atom is -0.461 e. The van der Waals surface area contributed by atoms with Crippen molar-refractivity contribution in [3.05, 3.63) is 53.4 Å². The summed E-state index contributed by atoms with van der Waals surface area (Å²) in [5, 5.41) is 11.3. The summed E-state index contributed by atoms with van der Waals surface area (Å²) in [6, 6.07) is 7.91. The molecular formula is C20H23N5O2S2. The van der Waals surface area contributed by atoms with Gasteiger partial charge >= 0.3 is 0 Å². The number of rotatable bonds is 8. The third-order valence-corrected chi connectivity index (χ3v) is 6.59. The molecule has 4 heterocycles. The van der Waals surface area contributed by atoms with E-state index >= 15 is 0 Å². The SMILES string of the molecule is C=CCn1c(SCC(=O)N2CCN(Cc3cccs3)CC2)nnc1-c1ccco1. The molecule has 1 saturated heterocycles. The molecule has 1 aliphatic heterocycles. The first-order valence-corrected chi connectivity index (χ1v) is 11.3. The molecule has 0 atom stereocenters. The molecule has 3 aromatic heterocycles. The fraction of sp³-hybridized carbons (Fsp3) is 0.350. The molecular weight excluding hydrogens is 406 g/mol. The van der Waals surface area contributed by atoms with Crippen LogP contribution in [0, 0.1) is 0 Å². The lowest BCUT2D eigenvalue weighted by Crippen LogP contribution is -2.48. The fourth-order valence-electron chi connectivity index (χ4n) is 3.27. The maximum atomic E-state index is 12.7. The van der Waals surface area contributed by atoms with Crippen LogP contribution in [0.4, 0.5) is 0 Å². The molecule has 0 saturated carbocycles.